The maximum Gasteiger partial charge on any atom is 0.322 e. The minimum absolute atomic E-state index is 0.0420. The lowest BCUT2D eigenvalue weighted by atomic mass is 10.0. The molecule has 3 aromatic rings. The van der Waals surface area contributed by atoms with Gasteiger partial charge in [0.1, 0.15) is 12.4 Å². The van der Waals surface area contributed by atoms with Crippen LogP contribution in [0.25, 0.3) is 0 Å². The van der Waals surface area contributed by atoms with Gasteiger partial charge in [0.05, 0.1) is 6.54 Å². The number of halogens is 1. The van der Waals surface area contributed by atoms with Crippen molar-refractivity contribution in [3.05, 3.63) is 87.4 Å². The minimum atomic E-state index is -0.313. The molecule has 1 aromatic heterocycles. The molecule has 0 aliphatic heterocycles. The highest BCUT2D eigenvalue weighted by atomic mass is 32.1. The van der Waals surface area contributed by atoms with Crippen LogP contribution in [0.4, 0.5) is 14.9 Å². The van der Waals surface area contributed by atoms with Gasteiger partial charge < -0.3 is 15.1 Å². The van der Waals surface area contributed by atoms with Gasteiger partial charge in [0, 0.05) is 23.7 Å². The number of hydrogen-bond donors (Lipinski definition) is 1. The van der Waals surface area contributed by atoms with Crippen molar-refractivity contribution in [3.8, 4) is 0 Å². The topological polar surface area (TPSA) is 52.7 Å². The van der Waals surface area contributed by atoms with Crippen LogP contribution in [0, 0.1) is 18.7 Å². The molecular weight excluding hydrogens is 473 g/mol. The van der Waals surface area contributed by atoms with Crippen molar-refractivity contribution < 1.29 is 14.0 Å². The van der Waals surface area contributed by atoms with E-state index in [1.165, 1.54) is 17.7 Å². The molecule has 0 atom stereocenters. The first-order valence-electron chi connectivity index (χ1n) is 12.3. The maximum atomic E-state index is 13.6. The number of nitrogens with zero attached hydrogens (tertiary/aromatic N) is 2. The molecule has 0 unspecified atom stereocenters. The molecule has 7 heteroatoms. The van der Waals surface area contributed by atoms with Crippen LogP contribution in [0.1, 0.15) is 55.2 Å². The maximum absolute atomic E-state index is 13.6. The van der Waals surface area contributed by atoms with E-state index in [2.05, 4.69) is 19.2 Å². The van der Waals surface area contributed by atoms with Crippen molar-refractivity contribution in [2.75, 3.05) is 18.4 Å². The monoisotopic (exact) mass is 509 g/mol. The normalized spacial score (nSPS) is 11.1. The quantitative estimate of drug-likeness (QED) is 0.319. The zero-order valence-corrected chi connectivity index (χ0v) is 22.6. The van der Waals surface area contributed by atoms with Gasteiger partial charge in [0.15, 0.2) is 0 Å². The number of rotatable bonds is 10. The van der Waals surface area contributed by atoms with Gasteiger partial charge in [-0.2, -0.15) is 0 Å². The van der Waals surface area contributed by atoms with E-state index >= 15 is 0 Å². The summed E-state index contributed by atoms with van der Waals surface area (Å²) in [6.07, 6.45) is 0. The van der Waals surface area contributed by atoms with E-state index in [4.69, 9.17) is 0 Å². The van der Waals surface area contributed by atoms with E-state index in [1.807, 2.05) is 56.5 Å². The molecule has 36 heavy (non-hydrogen) atoms. The standard InChI is InChI=1S/C29H36FN3O2S/c1-20(2)16-33(29(35)31-26-12-8-24(9-13-26)21(3)4)19-28(34)32(18-27-22(5)14-15-36-27)17-23-6-10-25(30)11-7-23/h6-15,20-21H,16-19H2,1-5H3,(H,31,35). The van der Waals surface area contributed by atoms with Crippen molar-refractivity contribution in [1.29, 1.82) is 0 Å². The van der Waals surface area contributed by atoms with Gasteiger partial charge in [-0.05, 0) is 71.2 Å². The lowest BCUT2D eigenvalue weighted by molar-refractivity contribution is -0.133. The summed E-state index contributed by atoms with van der Waals surface area (Å²) in [5.41, 5.74) is 3.85. The number of amides is 3. The average Bonchev–Trinajstić information content (AvgIpc) is 3.23. The predicted molar refractivity (Wildman–Crippen MR) is 146 cm³/mol. The highest BCUT2D eigenvalue weighted by Crippen LogP contribution is 2.21. The fourth-order valence-electron chi connectivity index (χ4n) is 3.86. The van der Waals surface area contributed by atoms with Crippen LogP contribution in [-0.2, 0) is 17.9 Å². The smallest absolute Gasteiger partial charge is 0.322 e. The summed E-state index contributed by atoms with van der Waals surface area (Å²) >= 11 is 1.60. The molecule has 0 spiro atoms. The fourth-order valence-corrected chi connectivity index (χ4v) is 4.78. The van der Waals surface area contributed by atoms with E-state index in [0.29, 0.717) is 31.2 Å². The largest absolute Gasteiger partial charge is 0.332 e. The first-order valence-corrected chi connectivity index (χ1v) is 13.2. The average molecular weight is 510 g/mol. The molecule has 1 N–H and O–H groups in total. The number of aryl methyl sites for hydroxylation is 1. The zero-order valence-electron chi connectivity index (χ0n) is 21.8. The van der Waals surface area contributed by atoms with E-state index in [9.17, 15) is 14.0 Å². The highest BCUT2D eigenvalue weighted by molar-refractivity contribution is 7.10. The summed E-state index contributed by atoms with van der Waals surface area (Å²) in [5.74, 6) is 0.130. The predicted octanol–water partition coefficient (Wildman–Crippen LogP) is 7.04. The second-order valence-electron chi connectivity index (χ2n) is 9.88. The molecule has 5 nitrogen and oxygen atoms in total. The SMILES string of the molecule is Cc1ccsc1CN(Cc1ccc(F)cc1)C(=O)CN(CC(C)C)C(=O)Nc1ccc(C(C)C)cc1. The Morgan fingerprint density at radius 3 is 2.14 bits per heavy atom. The number of carbonyl (C=O) groups is 2. The highest BCUT2D eigenvalue weighted by Gasteiger charge is 2.23. The second-order valence-corrected chi connectivity index (χ2v) is 10.9. The molecule has 0 aliphatic rings. The molecule has 3 amide bonds. The van der Waals surface area contributed by atoms with Crippen molar-refractivity contribution in [3.63, 3.8) is 0 Å². The van der Waals surface area contributed by atoms with Gasteiger partial charge in [-0.1, -0.05) is 52.0 Å². The van der Waals surface area contributed by atoms with Crippen LogP contribution in [0.2, 0.25) is 0 Å². The van der Waals surface area contributed by atoms with Crippen LogP contribution in [-0.4, -0.2) is 34.8 Å². The van der Waals surface area contributed by atoms with Crippen LogP contribution in [0.3, 0.4) is 0 Å². The summed E-state index contributed by atoms with van der Waals surface area (Å²) in [6, 6.07) is 15.7. The van der Waals surface area contributed by atoms with Gasteiger partial charge in [-0.3, -0.25) is 4.79 Å². The molecule has 0 aliphatic carbocycles. The van der Waals surface area contributed by atoms with E-state index in [1.54, 1.807) is 33.3 Å². The van der Waals surface area contributed by atoms with E-state index in [-0.39, 0.29) is 30.2 Å². The number of benzene rings is 2. The molecule has 0 saturated carbocycles. The van der Waals surface area contributed by atoms with Crippen LogP contribution >= 0.6 is 11.3 Å². The number of thiophene rings is 1. The van der Waals surface area contributed by atoms with Gasteiger partial charge in [-0.25, -0.2) is 9.18 Å². The third kappa shape index (κ3) is 7.92. The molecular formula is C29H36FN3O2S. The first kappa shape index (κ1) is 27.4. The Labute approximate surface area is 217 Å². The fraction of sp³-hybridized carbons (Fsp3) is 0.379. The molecule has 3 rings (SSSR count). The van der Waals surface area contributed by atoms with Gasteiger partial charge in [0.25, 0.3) is 0 Å². The summed E-state index contributed by atoms with van der Waals surface area (Å²) in [5, 5.41) is 4.95. The number of hydrogen-bond acceptors (Lipinski definition) is 3. The zero-order chi connectivity index (χ0) is 26.2. The summed E-state index contributed by atoms with van der Waals surface area (Å²) < 4.78 is 13.4. The van der Waals surface area contributed by atoms with Crippen molar-refractivity contribution in [2.24, 2.45) is 5.92 Å². The molecule has 2 aromatic carbocycles. The third-order valence-corrected chi connectivity index (χ3v) is 6.98. The number of anilines is 1. The lowest BCUT2D eigenvalue weighted by Gasteiger charge is -2.29. The molecule has 0 bridgehead atoms. The molecule has 0 radical (unpaired) electrons. The molecule has 192 valence electrons. The molecule has 0 fully saturated rings. The number of urea groups is 1. The van der Waals surface area contributed by atoms with Crippen molar-refractivity contribution >= 4 is 29.0 Å². The van der Waals surface area contributed by atoms with Crippen LogP contribution in [0.15, 0.2) is 60.0 Å². The molecule has 0 saturated heterocycles. The van der Waals surface area contributed by atoms with Gasteiger partial charge >= 0.3 is 6.03 Å². The number of nitrogens with one attached hydrogen (secondary N) is 1. The minimum Gasteiger partial charge on any atom is -0.332 e. The van der Waals surface area contributed by atoms with Crippen molar-refractivity contribution in [1.82, 2.24) is 9.80 Å². The second kappa shape index (κ2) is 12.7. The Hall–Kier alpha value is -3.19. The van der Waals surface area contributed by atoms with E-state index < -0.39 is 0 Å². The van der Waals surface area contributed by atoms with E-state index in [0.717, 1.165) is 16.0 Å². The third-order valence-electron chi connectivity index (χ3n) is 5.97. The van der Waals surface area contributed by atoms with Crippen LogP contribution < -0.4 is 5.32 Å². The van der Waals surface area contributed by atoms with Crippen molar-refractivity contribution in [2.45, 2.75) is 53.6 Å². The summed E-state index contributed by atoms with van der Waals surface area (Å²) in [4.78, 5) is 31.2. The molecule has 1 heterocycles. The Bertz CT molecular complexity index is 1140. The van der Waals surface area contributed by atoms with Gasteiger partial charge in [0.2, 0.25) is 5.91 Å². The van der Waals surface area contributed by atoms with Crippen LogP contribution in [0.5, 0.6) is 0 Å². The number of carbonyl (C=O) groups excluding carboxylic acids is 2. The first-order chi connectivity index (χ1) is 17.1. The Morgan fingerprint density at radius 1 is 0.917 bits per heavy atom. The Balaban J connectivity index is 1.77. The Morgan fingerprint density at radius 2 is 1.58 bits per heavy atom. The van der Waals surface area contributed by atoms with Gasteiger partial charge in [-0.15, -0.1) is 11.3 Å². The summed E-state index contributed by atoms with van der Waals surface area (Å²) in [6.45, 7) is 11.5. The Kier molecular flexibility index (Phi) is 9.65. The summed E-state index contributed by atoms with van der Waals surface area (Å²) in [7, 11) is 0. The lowest BCUT2D eigenvalue weighted by Crippen LogP contribution is -2.45.